The van der Waals surface area contributed by atoms with Gasteiger partial charge in [0.15, 0.2) is 0 Å². The molecule has 2 fully saturated rings. The number of likely N-dealkylation sites (tertiary alicyclic amines) is 1. The average molecular weight is 344 g/mol. The van der Waals surface area contributed by atoms with Gasteiger partial charge >= 0.3 is 0 Å². The highest BCUT2D eigenvalue weighted by atomic mass is 19.1. The highest BCUT2D eigenvalue weighted by Gasteiger charge is 2.49. The number of fused-ring (bicyclic) bond motifs is 1. The van der Waals surface area contributed by atoms with Crippen molar-refractivity contribution in [2.75, 3.05) is 13.1 Å². The minimum atomic E-state index is -0.883. The molecule has 2 aliphatic rings. The number of aliphatic hydroxyl groups is 1. The second-order valence-electron chi connectivity index (χ2n) is 7.35. The Morgan fingerprint density at radius 2 is 2.12 bits per heavy atom. The van der Waals surface area contributed by atoms with Crippen LogP contribution in [-0.4, -0.2) is 28.1 Å². The van der Waals surface area contributed by atoms with E-state index in [2.05, 4.69) is 9.88 Å². The lowest BCUT2D eigenvalue weighted by Crippen LogP contribution is -2.42. The molecule has 1 saturated heterocycles. The van der Waals surface area contributed by atoms with Gasteiger partial charge < -0.3 is 5.11 Å². The predicted molar refractivity (Wildman–Crippen MR) is 90.6 cm³/mol. The number of halogens is 2. The van der Waals surface area contributed by atoms with Crippen LogP contribution in [0, 0.1) is 23.5 Å². The van der Waals surface area contributed by atoms with Crippen molar-refractivity contribution in [1.82, 2.24) is 9.88 Å². The lowest BCUT2D eigenvalue weighted by molar-refractivity contribution is -0.0651. The molecule has 25 heavy (non-hydrogen) atoms. The normalized spacial score (nSPS) is 29.6. The lowest BCUT2D eigenvalue weighted by Gasteiger charge is -2.41. The molecule has 1 aliphatic heterocycles. The van der Waals surface area contributed by atoms with E-state index in [4.69, 9.17) is 0 Å². The molecule has 1 aromatic heterocycles. The van der Waals surface area contributed by atoms with Gasteiger partial charge in [-0.05, 0) is 49.4 Å². The molecule has 4 rings (SSSR count). The third kappa shape index (κ3) is 3.07. The van der Waals surface area contributed by atoms with Crippen molar-refractivity contribution in [3.05, 3.63) is 65.5 Å². The van der Waals surface area contributed by atoms with Gasteiger partial charge in [-0.15, -0.1) is 0 Å². The third-order valence-electron chi connectivity index (χ3n) is 5.83. The highest BCUT2D eigenvalue weighted by Crippen LogP contribution is 2.48. The van der Waals surface area contributed by atoms with Gasteiger partial charge in [0.2, 0.25) is 0 Å². The number of nitrogens with zero attached hydrogens (tertiary/aromatic N) is 2. The first-order chi connectivity index (χ1) is 12.1. The molecule has 3 atom stereocenters. The van der Waals surface area contributed by atoms with Crippen LogP contribution in [0.3, 0.4) is 0 Å². The zero-order chi connectivity index (χ0) is 17.4. The first-order valence-corrected chi connectivity index (χ1v) is 8.85. The fourth-order valence-corrected chi connectivity index (χ4v) is 4.62. The fraction of sp³-hybridized carbons (Fsp3) is 0.450. The van der Waals surface area contributed by atoms with Gasteiger partial charge in [0.25, 0.3) is 0 Å². The summed E-state index contributed by atoms with van der Waals surface area (Å²) < 4.78 is 27.4. The number of benzene rings is 1. The monoisotopic (exact) mass is 344 g/mol. The van der Waals surface area contributed by atoms with Crippen molar-refractivity contribution in [3.63, 3.8) is 0 Å². The van der Waals surface area contributed by atoms with Crippen LogP contribution >= 0.6 is 0 Å². The molecule has 0 spiro atoms. The van der Waals surface area contributed by atoms with Gasteiger partial charge in [-0.3, -0.25) is 9.88 Å². The topological polar surface area (TPSA) is 36.4 Å². The molecule has 5 heteroatoms. The summed E-state index contributed by atoms with van der Waals surface area (Å²) >= 11 is 0. The van der Waals surface area contributed by atoms with E-state index in [1.807, 2.05) is 12.1 Å². The molecule has 1 N–H and O–H groups in total. The Bertz CT molecular complexity index is 755. The maximum Gasteiger partial charge on any atom is 0.127 e. The number of hydrogen-bond donors (Lipinski definition) is 1. The van der Waals surface area contributed by atoms with Gasteiger partial charge in [-0.2, -0.15) is 0 Å². The van der Waals surface area contributed by atoms with Gasteiger partial charge in [0.05, 0.1) is 5.60 Å². The summed E-state index contributed by atoms with van der Waals surface area (Å²) in [6.07, 6.45) is 6.21. The molecule has 1 saturated carbocycles. The van der Waals surface area contributed by atoms with E-state index in [-0.39, 0.29) is 11.7 Å². The average Bonchev–Trinajstić information content (AvgIpc) is 3.03. The summed E-state index contributed by atoms with van der Waals surface area (Å²) in [7, 11) is 0. The SMILES string of the molecule is O[C@@]1(c2cccnc2)CCC[C@H]2CN(Cc3cc(F)ccc3F)C[C@@H]21. The Morgan fingerprint density at radius 3 is 2.92 bits per heavy atom. The van der Waals surface area contributed by atoms with E-state index in [0.717, 1.165) is 37.4 Å². The predicted octanol–water partition coefficient (Wildman–Crippen LogP) is 3.48. The molecule has 2 heterocycles. The second kappa shape index (κ2) is 6.46. The van der Waals surface area contributed by atoms with Crippen molar-refractivity contribution in [2.45, 2.75) is 31.4 Å². The van der Waals surface area contributed by atoms with Gasteiger partial charge in [-0.25, -0.2) is 8.78 Å². The van der Waals surface area contributed by atoms with Crippen LogP contribution in [0.1, 0.15) is 30.4 Å². The first kappa shape index (κ1) is 16.6. The molecular weight excluding hydrogens is 322 g/mol. The maximum atomic E-state index is 14.0. The molecule has 0 bridgehead atoms. The molecular formula is C20H22F2N2O. The van der Waals surface area contributed by atoms with E-state index in [9.17, 15) is 13.9 Å². The summed E-state index contributed by atoms with van der Waals surface area (Å²) in [6.45, 7) is 1.87. The Hall–Kier alpha value is -1.85. The highest BCUT2D eigenvalue weighted by molar-refractivity contribution is 5.23. The summed E-state index contributed by atoms with van der Waals surface area (Å²) in [5.41, 5.74) is 0.360. The number of aromatic nitrogens is 1. The Morgan fingerprint density at radius 1 is 1.24 bits per heavy atom. The molecule has 0 amide bonds. The minimum absolute atomic E-state index is 0.0991. The quantitative estimate of drug-likeness (QED) is 0.926. The van der Waals surface area contributed by atoms with Crippen LogP contribution in [0.5, 0.6) is 0 Å². The summed E-state index contributed by atoms with van der Waals surface area (Å²) in [5, 5.41) is 11.4. The first-order valence-electron chi connectivity index (χ1n) is 8.85. The summed E-state index contributed by atoms with van der Waals surface area (Å²) in [4.78, 5) is 6.30. The van der Waals surface area contributed by atoms with Crippen LogP contribution in [0.4, 0.5) is 8.78 Å². The van der Waals surface area contributed by atoms with Crippen LogP contribution in [0.2, 0.25) is 0 Å². The van der Waals surface area contributed by atoms with Crippen LogP contribution in [0.25, 0.3) is 0 Å². The molecule has 132 valence electrons. The lowest BCUT2D eigenvalue weighted by atomic mass is 9.68. The molecule has 0 unspecified atom stereocenters. The Kier molecular flexibility index (Phi) is 4.29. The number of rotatable bonds is 3. The smallest absolute Gasteiger partial charge is 0.127 e. The second-order valence-corrected chi connectivity index (χ2v) is 7.35. The van der Waals surface area contributed by atoms with Gasteiger partial charge in [-0.1, -0.05) is 6.07 Å². The molecule has 2 aromatic rings. The van der Waals surface area contributed by atoms with Crippen molar-refractivity contribution < 1.29 is 13.9 Å². The zero-order valence-electron chi connectivity index (χ0n) is 14.0. The summed E-state index contributed by atoms with van der Waals surface area (Å²) in [6, 6.07) is 7.38. The van der Waals surface area contributed by atoms with E-state index >= 15 is 0 Å². The van der Waals surface area contributed by atoms with E-state index in [1.165, 1.54) is 12.1 Å². The zero-order valence-corrected chi connectivity index (χ0v) is 14.0. The van der Waals surface area contributed by atoms with Crippen LogP contribution in [0.15, 0.2) is 42.7 Å². The third-order valence-corrected chi connectivity index (χ3v) is 5.83. The molecule has 3 nitrogen and oxygen atoms in total. The summed E-state index contributed by atoms with van der Waals surface area (Å²) in [5.74, 6) is -0.323. The number of pyridine rings is 1. The van der Waals surface area contributed by atoms with Crippen molar-refractivity contribution in [2.24, 2.45) is 11.8 Å². The van der Waals surface area contributed by atoms with Crippen molar-refractivity contribution >= 4 is 0 Å². The van der Waals surface area contributed by atoms with Gasteiger partial charge in [0.1, 0.15) is 11.6 Å². The molecule has 0 radical (unpaired) electrons. The van der Waals surface area contributed by atoms with E-state index in [0.29, 0.717) is 24.6 Å². The minimum Gasteiger partial charge on any atom is -0.385 e. The van der Waals surface area contributed by atoms with E-state index in [1.54, 1.807) is 12.4 Å². The standard InChI is InChI=1S/C20H22F2N2O/c21-17-5-6-19(22)15(9-17)12-24-11-14-3-1-7-20(25,18(14)13-24)16-4-2-8-23-10-16/h2,4-6,8-10,14,18,25H,1,3,7,11-13H2/t14-,18-,20+/m0/s1. The van der Waals surface area contributed by atoms with Gasteiger partial charge in [0, 0.05) is 49.1 Å². The largest absolute Gasteiger partial charge is 0.385 e. The van der Waals surface area contributed by atoms with Crippen LogP contribution in [-0.2, 0) is 12.1 Å². The van der Waals surface area contributed by atoms with Crippen molar-refractivity contribution in [1.29, 1.82) is 0 Å². The molecule has 1 aromatic carbocycles. The number of hydrogen-bond acceptors (Lipinski definition) is 3. The fourth-order valence-electron chi connectivity index (χ4n) is 4.62. The van der Waals surface area contributed by atoms with Crippen molar-refractivity contribution in [3.8, 4) is 0 Å². The van der Waals surface area contributed by atoms with Crippen LogP contribution < -0.4 is 0 Å². The molecule has 1 aliphatic carbocycles. The Labute approximate surface area is 146 Å². The van der Waals surface area contributed by atoms with E-state index < -0.39 is 11.4 Å². The Balaban J connectivity index is 1.56. The maximum absolute atomic E-state index is 14.0.